The molecular formula is C30H33N5O5. The van der Waals surface area contributed by atoms with Gasteiger partial charge in [-0.25, -0.2) is 14.8 Å². The third-order valence-corrected chi connectivity index (χ3v) is 5.71. The van der Waals surface area contributed by atoms with Crippen molar-refractivity contribution >= 4 is 23.5 Å². The van der Waals surface area contributed by atoms with Gasteiger partial charge in [0.15, 0.2) is 0 Å². The van der Waals surface area contributed by atoms with Crippen molar-refractivity contribution in [3.05, 3.63) is 102 Å². The number of carbonyl (C=O) groups is 2. The van der Waals surface area contributed by atoms with E-state index in [-0.39, 0.29) is 11.5 Å². The van der Waals surface area contributed by atoms with Crippen molar-refractivity contribution in [3.63, 3.8) is 0 Å². The number of likely N-dealkylation sites (N-methyl/N-ethyl adjacent to an activating group) is 1. The molecule has 4 aromatic rings. The summed E-state index contributed by atoms with van der Waals surface area (Å²) in [4.78, 5) is 33.5. The number of nitrogens with zero attached hydrogens (tertiary/aromatic N) is 3. The average Bonchev–Trinajstić information content (AvgIpc) is 2.97. The monoisotopic (exact) mass is 543 g/mol. The van der Waals surface area contributed by atoms with Crippen LogP contribution in [0.25, 0.3) is 11.3 Å². The van der Waals surface area contributed by atoms with E-state index in [2.05, 4.69) is 20.6 Å². The smallest absolute Gasteiger partial charge is 0.339 e. The highest BCUT2D eigenvalue weighted by Crippen LogP contribution is 2.23. The summed E-state index contributed by atoms with van der Waals surface area (Å²) in [7, 11) is 6.95. The average molecular weight is 544 g/mol. The van der Waals surface area contributed by atoms with Crippen LogP contribution in [-0.4, -0.2) is 66.9 Å². The van der Waals surface area contributed by atoms with E-state index < -0.39 is 12.1 Å². The molecule has 0 radical (unpaired) electrons. The minimum atomic E-state index is -1.03. The Kier molecular flexibility index (Phi) is 10.7. The normalized spacial score (nSPS) is 11.0. The first-order valence-corrected chi connectivity index (χ1v) is 12.4. The lowest BCUT2D eigenvalue weighted by molar-refractivity contribution is 0.0696. The molecule has 0 bridgehead atoms. The molecule has 1 amide bonds. The summed E-state index contributed by atoms with van der Waals surface area (Å²) < 4.78 is 5.11. The van der Waals surface area contributed by atoms with Gasteiger partial charge in [-0.3, -0.25) is 4.79 Å². The summed E-state index contributed by atoms with van der Waals surface area (Å²) >= 11 is 0. The summed E-state index contributed by atoms with van der Waals surface area (Å²) in [5.74, 6) is -0.136. The van der Waals surface area contributed by atoms with Gasteiger partial charge < -0.3 is 30.5 Å². The molecule has 10 nitrogen and oxygen atoms in total. The number of aromatic nitrogens is 2. The number of amides is 1. The zero-order chi connectivity index (χ0) is 29.1. The molecule has 1 heterocycles. The van der Waals surface area contributed by atoms with Crippen LogP contribution < -0.4 is 20.3 Å². The van der Waals surface area contributed by atoms with Gasteiger partial charge in [-0.15, -0.1) is 0 Å². The molecule has 1 aromatic heterocycles. The number of hydrogen-bond donors (Lipinski definition) is 4. The fraction of sp³-hybridized carbons (Fsp3) is 0.200. The van der Waals surface area contributed by atoms with Crippen molar-refractivity contribution in [1.82, 2.24) is 15.3 Å². The van der Waals surface area contributed by atoms with Gasteiger partial charge in [0.05, 0.1) is 18.9 Å². The van der Waals surface area contributed by atoms with E-state index in [1.165, 1.54) is 6.20 Å². The van der Waals surface area contributed by atoms with Crippen LogP contribution in [0.3, 0.4) is 0 Å². The zero-order valence-corrected chi connectivity index (χ0v) is 22.8. The predicted molar refractivity (Wildman–Crippen MR) is 155 cm³/mol. The number of carboxylic acid groups (broad SMARTS) is 1. The molecule has 208 valence electrons. The molecule has 0 saturated carbocycles. The number of carboxylic acids is 1. The topological polar surface area (TPSA) is 137 Å². The van der Waals surface area contributed by atoms with Crippen molar-refractivity contribution in [2.45, 2.75) is 6.10 Å². The molecule has 0 aliphatic rings. The van der Waals surface area contributed by atoms with Crippen molar-refractivity contribution in [3.8, 4) is 17.0 Å². The Balaban J connectivity index is 0.000000225. The van der Waals surface area contributed by atoms with Gasteiger partial charge in [-0.05, 0) is 42.9 Å². The van der Waals surface area contributed by atoms with E-state index in [0.29, 0.717) is 35.2 Å². The minimum absolute atomic E-state index is 0.104. The fourth-order valence-corrected chi connectivity index (χ4v) is 3.66. The summed E-state index contributed by atoms with van der Waals surface area (Å²) in [6, 6.07) is 23.3. The number of aliphatic hydroxyl groups is 1. The molecule has 0 aliphatic heterocycles. The van der Waals surface area contributed by atoms with Crippen LogP contribution in [0.2, 0.25) is 0 Å². The summed E-state index contributed by atoms with van der Waals surface area (Å²) in [5, 5.41) is 24.9. The first-order chi connectivity index (χ1) is 19.2. The number of hydrogen-bond acceptors (Lipinski definition) is 8. The van der Waals surface area contributed by atoms with E-state index in [1.807, 2.05) is 50.5 Å². The van der Waals surface area contributed by atoms with Crippen LogP contribution in [-0.2, 0) is 0 Å². The van der Waals surface area contributed by atoms with Crippen LogP contribution in [0.15, 0.2) is 85.1 Å². The molecule has 10 heteroatoms. The molecule has 4 rings (SSSR count). The highest BCUT2D eigenvalue weighted by Gasteiger charge is 2.16. The van der Waals surface area contributed by atoms with Crippen LogP contribution in [0, 0.1) is 0 Å². The number of rotatable bonds is 9. The van der Waals surface area contributed by atoms with Crippen LogP contribution in [0.5, 0.6) is 5.75 Å². The Bertz CT molecular complexity index is 1430. The van der Waals surface area contributed by atoms with Gasteiger partial charge in [0.2, 0.25) is 5.95 Å². The van der Waals surface area contributed by atoms with E-state index >= 15 is 0 Å². The molecule has 0 aliphatic carbocycles. The maximum atomic E-state index is 12.2. The SMILES string of the molecule is CN(C)c1ncc(C(=O)O)c(-c2ccccc2)n1.CNCC(O)c1cccc(NC(=O)c2cccc(OC)c2)c1. The van der Waals surface area contributed by atoms with Crippen molar-refractivity contribution in [1.29, 1.82) is 0 Å². The summed E-state index contributed by atoms with van der Waals surface area (Å²) in [5.41, 5.74) is 3.20. The molecule has 0 spiro atoms. The number of anilines is 2. The largest absolute Gasteiger partial charge is 0.497 e. The maximum absolute atomic E-state index is 12.2. The molecule has 1 unspecified atom stereocenters. The highest BCUT2D eigenvalue weighted by atomic mass is 16.5. The van der Waals surface area contributed by atoms with Crippen molar-refractivity contribution < 1.29 is 24.5 Å². The number of aliphatic hydroxyl groups excluding tert-OH is 1. The van der Waals surface area contributed by atoms with Crippen LogP contribution in [0.4, 0.5) is 11.6 Å². The maximum Gasteiger partial charge on any atom is 0.339 e. The lowest BCUT2D eigenvalue weighted by Crippen LogP contribution is -2.17. The Morgan fingerprint density at radius 3 is 2.38 bits per heavy atom. The second-order valence-corrected chi connectivity index (χ2v) is 8.88. The summed E-state index contributed by atoms with van der Waals surface area (Å²) in [6.07, 6.45) is 0.728. The number of methoxy groups -OCH3 is 1. The lowest BCUT2D eigenvalue weighted by Gasteiger charge is -2.12. The Morgan fingerprint density at radius 1 is 1.00 bits per heavy atom. The Hall–Kier alpha value is -4.80. The van der Waals surface area contributed by atoms with Crippen molar-refractivity contribution in [2.24, 2.45) is 0 Å². The second kappa shape index (κ2) is 14.4. The Labute approximate surface area is 233 Å². The van der Waals surface area contributed by atoms with Gasteiger partial charge >= 0.3 is 5.97 Å². The zero-order valence-electron chi connectivity index (χ0n) is 22.8. The number of nitrogens with one attached hydrogen (secondary N) is 2. The highest BCUT2D eigenvalue weighted by molar-refractivity contribution is 6.04. The van der Waals surface area contributed by atoms with Gasteiger partial charge in [-0.2, -0.15) is 0 Å². The number of ether oxygens (including phenoxy) is 1. The predicted octanol–water partition coefficient (Wildman–Crippen LogP) is 4.11. The quantitative estimate of drug-likeness (QED) is 0.246. The van der Waals surface area contributed by atoms with Crippen LogP contribution in [0.1, 0.15) is 32.4 Å². The van der Waals surface area contributed by atoms with Gasteiger partial charge in [0.25, 0.3) is 5.91 Å². The van der Waals surface area contributed by atoms with Crippen LogP contribution >= 0.6 is 0 Å². The molecule has 4 N–H and O–H groups in total. The van der Waals surface area contributed by atoms with Gasteiger partial charge in [0.1, 0.15) is 11.3 Å². The van der Waals surface area contributed by atoms with E-state index in [4.69, 9.17) is 9.84 Å². The molecule has 0 fully saturated rings. The first kappa shape index (κ1) is 29.8. The summed E-state index contributed by atoms with van der Waals surface area (Å²) in [6.45, 7) is 0.452. The fourth-order valence-electron chi connectivity index (χ4n) is 3.66. The van der Waals surface area contributed by atoms with E-state index in [1.54, 1.807) is 61.5 Å². The molecule has 3 aromatic carbocycles. The third-order valence-electron chi connectivity index (χ3n) is 5.71. The first-order valence-electron chi connectivity index (χ1n) is 12.4. The molecule has 1 atom stereocenters. The molecular weight excluding hydrogens is 510 g/mol. The van der Waals surface area contributed by atoms with E-state index in [0.717, 1.165) is 11.1 Å². The number of benzene rings is 3. The van der Waals surface area contributed by atoms with E-state index in [9.17, 15) is 14.7 Å². The third kappa shape index (κ3) is 8.10. The minimum Gasteiger partial charge on any atom is -0.497 e. The lowest BCUT2D eigenvalue weighted by atomic mass is 10.1. The van der Waals surface area contributed by atoms with Gasteiger partial charge in [-0.1, -0.05) is 48.5 Å². The molecule has 40 heavy (non-hydrogen) atoms. The number of carbonyl (C=O) groups excluding carboxylic acids is 1. The standard InChI is InChI=1S/C17H20N2O3.C13H13N3O2/c1-18-11-16(20)12-5-3-7-14(9-12)19-17(21)13-6-4-8-15(10-13)22-2;1-16(2)13-14-8-10(12(17)18)11(15-13)9-6-4-3-5-7-9/h3-10,16,18,20H,11H2,1-2H3,(H,19,21);3-8H,1-2H3,(H,17,18). The Morgan fingerprint density at radius 2 is 1.73 bits per heavy atom. The number of aromatic carboxylic acids is 1. The molecule has 0 saturated heterocycles. The van der Waals surface area contributed by atoms with Crippen molar-refractivity contribution in [2.75, 3.05) is 45.0 Å². The van der Waals surface area contributed by atoms with Gasteiger partial charge in [0, 0.05) is 43.7 Å². The second-order valence-electron chi connectivity index (χ2n) is 8.88.